The van der Waals surface area contributed by atoms with Gasteiger partial charge in [0.2, 0.25) is 0 Å². The van der Waals surface area contributed by atoms with Crippen molar-refractivity contribution < 1.29 is 14.3 Å². The van der Waals surface area contributed by atoms with Gasteiger partial charge in [0.1, 0.15) is 11.5 Å². The van der Waals surface area contributed by atoms with Crippen LogP contribution in [0.1, 0.15) is 12.5 Å². The maximum atomic E-state index is 12.0. The Bertz CT molecular complexity index is 973. The third kappa shape index (κ3) is 4.99. The normalized spacial score (nSPS) is 10.9. The van der Waals surface area contributed by atoms with Crippen molar-refractivity contribution in [2.45, 2.75) is 6.92 Å². The average molecular weight is 383 g/mol. The smallest absolute Gasteiger partial charge is 0.277 e. The molecule has 0 saturated heterocycles. The zero-order valence-corrected chi connectivity index (χ0v) is 15.6. The summed E-state index contributed by atoms with van der Waals surface area (Å²) in [5, 5.41) is 6.66. The second-order valence-corrected chi connectivity index (χ2v) is 6.11. The van der Waals surface area contributed by atoms with E-state index >= 15 is 0 Å². The van der Waals surface area contributed by atoms with E-state index in [0.29, 0.717) is 23.1 Å². The van der Waals surface area contributed by atoms with Gasteiger partial charge in [-0.3, -0.25) is 4.79 Å². The highest BCUT2D eigenvalue weighted by atomic mass is 35.5. The molecule has 0 aliphatic rings. The molecular formula is C21H19ClN2O3. The Morgan fingerprint density at radius 1 is 1.11 bits per heavy atom. The van der Waals surface area contributed by atoms with Gasteiger partial charge in [0, 0.05) is 10.6 Å². The zero-order chi connectivity index (χ0) is 19.1. The number of fused-ring (bicyclic) bond motifs is 1. The molecule has 0 unspecified atom stereocenters. The molecule has 0 atom stereocenters. The number of carbonyl (C=O) groups is 1. The molecule has 0 spiro atoms. The van der Waals surface area contributed by atoms with Gasteiger partial charge in [-0.15, -0.1) is 0 Å². The molecule has 1 amide bonds. The van der Waals surface area contributed by atoms with Gasteiger partial charge in [0.05, 0.1) is 12.8 Å². The number of rotatable bonds is 7. The largest absolute Gasteiger partial charge is 0.493 e. The molecule has 3 aromatic carbocycles. The summed E-state index contributed by atoms with van der Waals surface area (Å²) in [7, 11) is 0. The SMILES string of the molecule is CCOc1ccc2ccccc2c1/C=N/NC(=O)COc1cccc(Cl)c1. The Morgan fingerprint density at radius 2 is 1.96 bits per heavy atom. The summed E-state index contributed by atoms with van der Waals surface area (Å²) < 4.78 is 11.1. The van der Waals surface area contributed by atoms with E-state index in [1.54, 1.807) is 30.5 Å². The molecule has 3 rings (SSSR count). The monoisotopic (exact) mass is 382 g/mol. The fourth-order valence-electron chi connectivity index (χ4n) is 2.60. The molecule has 0 heterocycles. The van der Waals surface area contributed by atoms with E-state index < -0.39 is 0 Å². The Labute approximate surface area is 162 Å². The number of hydrogen-bond acceptors (Lipinski definition) is 4. The van der Waals surface area contributed by atoms with Crippen LogP contribution in [0.5, 0.6) is 11.5 Å². The minimum atomic E-state index is -0.371. The predicted molar refractivity (Wildman–Crippen MR) is 108 cm³/mol. The Kier molecular flexibility index (Phi) is 6.28. The molecule has 0 aromatic heterocycles. The molecule has 27 heavy (non-hydrogen) atoms. The quantitative estimate of drug-likeness (QED) is 0.486. The van der Waals surface area contributed by atoms with Gasteiger partial charge in [0.15, 0.2) is 6.61 Å². The summed E-state index contributed by atoms with van der Waals surface area (Å²) in [5.74, 6) is 0.864. The number of nitrogens with zero attached hydrogens (tertiary/aromatic N) is 1. The minimum Gasteiger partial charge on any atom is -0.493 e. The first-order chi connectivity index (χ1) is 13.2. The third-order valence-electron chi connectivity index (χ3n) is 3.78. The van der Waals surface area contributed by atoms with E-state index in [1.165, 1.54) is 0 Å². The highest BCUT2D eigenvalue weighted by Crippen LogP contribution is 2.26. The maximum absolute atomic E-state index is 12.0. The molecule has 6 heteroatoms. The fraction of sp³-hybridized carbons (Fsp3) is 0.143. The lowest BCUT2D eigenvalue weighted by Gasteiger charge is -2.10. The molecule has 0 fully saturated rings. The van der Waals surface area contributed by atoms with Crippen LogP contribution in [-0.2, 0) is 4.79 Å². The average Bonchev–Trinajstić information content (AvgIpc) is 2.68. The van der Waals surface area contributed by atoms with E-state index in [1.807, 2.05) is 43.3 Å². The van der Waals surface area contributed by atoms with Crippen molar-refractivity contribution in [3.63, 3.8) is 0 Å². The molecule has 0 saturated carbocycles. The number of amides is 1. The lowest BCUT2D eigenvalue weighted by atomic mass is 10.0. The van der Waals surface area contributed by atoms with Gasteiger partial charge in [-0.1, -0.05) is 48.0 Å². The first kappa shape index (κ1) is 18.7. The first-order valence-electron chi connectivity index (χ1n) is 8.52. The third-order valence-corrected chi connectivity index (χ3v) is 4.01. The van der Waals surface area contributed by atoms with Crippen LogP contribution < -0.4 is 14.9 Å². The molecule has 0 bridgehead atoms. The van der Waals surface area contributed by atoms with Gasteiger partial charge in [0.25, 0.3) is 5.91 Å². The topological polar surface area (TPSA) is 59.9 Å². The summed E-state index contributed by atoms with van der Waals surface area (Å²) >= 11 is 5.88. The predicted octanol–water partition coefficient (Wildman–Crippen LogP) is 4.42. The summed E-state index contributed by atoms with van der Waals surface area (Å²) in [5.41, 5.74) is 3.28. The highest BCUT2D eigenvalue weighted by molar-refractivity contribution is 6.30. The Hall–Kier alpha value is -3.05. The van der Waals surface area contributed by atoms with Crippen LogP contribution in [0.25, 0.3) is 10.8 Å². The number of nitrogens with one attached hydrogen (secondary N) is 1. The number of carbonyl (C=O) groups excluding carboxylic acids is 1. The molecular weight excluding hydrogens is 364 g/mol. The van der Waals surface area contributed by atoms with Crippen LogP contribution in [0, 0.1) is 0 Å². The lowest BCUT2D eigenvalue weighted by molar-refractivity contribution is -0.123. The standard InChI is InChI=1S/C21H19ClN2O3/c1-2-26-20-11-10-15-6-3-4-9-18(15)19(20)13-23-24-21(25)14-27-17-8-5-7-16(22)12-17/h3-13H,2,14H2,1H3,(H,24,25)/b23-13+. The van der Waals surface area contributed by atoms with Gasteiger partial charge in [-0.2, -0.15) is 5.10 Å². The highest BCUT2D eigenvalue weighted by Gasteiger charge is 2.07. The van der Waals surface area contributed by atoms with E-state index in [0.717, 1.165) is 16.3 Å². The van der Waals surface area contributed by atoms with Crippen LogP contribution in [0.4, 0.5) is 0 Å². The Morgan fingerprint density at radius 3 is 2.78 bits per heavy atom. The van der Waals surface area contributed by atoms with E-state index in [4.69, 9.17) is 21.1 Å². The van der Waals surface area contributed by atoms with Crippen molar-refractivity contribution >= 4 is 34.5 Å². The van der Waals surface area contributed by atoms with Crippen molar-refractivity contribution in [2.75, 3.05) is 13.2 Å². The van der Waals surface area contributed by atoms with Crippen molar-refractivity contribution in [1.82, 2.24) is 5.43 Å². The molecule has 0 radical (unpaired) electrons. The molecule has 1 N–H and O–H groups in total. The van der Waals surface area contributed by atoms with Crippen molar-refractivity contribution in [1.29, 1.82) is 0 Å². The molecule has 138 valence electrons. The Balaban J connectivity index is 1.68. The first-order valence-corrected chi connectivity index (χ1v) is 8.90. The number of benzene rings is 3. The summed E-state index contributed by atoms with van der Waals surface area (Å²) in [6.07, 6.45) is 1.59. The van der Waals surface area contributed by atoms with Gasteiger partial charge < -0.3 is 9.47 Å². The van der Waals surface area contributed by atoms with E-state index in [2.05, 4.69) is 10.5 Å². The molecule has 0 aliphatic heterocycles. The van der Waals surface area contributed by atoms with Crippen LogP contribution in [0.3, 0.4) is 0 Å². The van der Waals surface area contributed by atoms with Crippen LogP contribution in [0.15, 0.2) is 65.8 Å². The fourth-order valence-corrected chi connectivity index (χ4v) is 2.78. The second kappa shape index (κ2) is 9.05. The summed E-state index contributed by atoms with van der Waals surface area (Å²) in [4.78, 5) is 12.0. The molecule has 3 aromatic rings. The van der Waals surface area contributed by atoms with Gasteiger partial charge in [-0.05, 0) is 42.0 Å². The number of halogens is 1. The van der Waals surface area contributed by atoms with Crippen LogP contribution in [-0.4, -0.2) is 25.3 Å². The van der Waals surface area contributed by atoms with Crippen molar-refractivity contribution in [3.8, 4) is 11.5 Å². The maximum Gasteiger partial charge on any atom is 0.277 e. The second-order valence-electron chi connectivity index (χ2n) is 5.67. The number of ether oxygens (including phenoxy) is 2. The summed E-state index contributed by atoms with van der Waals surface area (Å²) in [6, 6.07) is 18.7. The number of hydrogen-bond donors (Lipinski definition) is 1. The van der Waals surface area contributed by atoms with Crippen LogP contribution >= 0.6 is 11.6 Å². The molecule has 0 aliphatic carbocycles. The number of hydrazone groups is 1. The van der Waals surface area contributed by atoms with Crippen molar-refractivity contribution in [3.05, 3.63) is 71.2 Å². The van der Waals surface area contributed by atoms with Gasteiger partial charge >= 0.3 is 0 Å². The van der Waals surface area contributed by atoms with E-state index in [-0.39, 0.29) is 12.5 Å². The molecule has 5 nitrogen and oxygen atoms in total. The summed E-state index contributed by atoms with van der Waals surface area (Å²) in [6.45, 7) is 2.30. The lowest BCUT2D eigenvalue weighted by Crippen LogP contribution is -2.24. The van der Waals surface area contributed by atoms with Crippen LogP contribution in [0.2, 0.25) is 5.02 Å². The minimum absolute atomic E-state index is 0.161. The van der Waals surface area contributed by atoms with Gasteiger partial charge in [-0.25, -0.2) is 5.43 Å². The zero-order valence-electron chi connectivity index (χ0n) is 14.8. The van der Waals surface area contributed by atoms with Crippen molar-refractivity contribution in [2.24, 2.45) is 5.10 Å². The van der Waals surface area contributed by atoms with E-state index in [9.17, 15) is 4.79 Å².